The van der Waals surface area contributed by atoms with Crippen molar-refractivity contribution in [1.82, 2.24) is 4.98 Å². The monoisotopic (exact) mass is 532 g/mol. The van der Waals surface area contributed by atoms with Crippen molar-refractivity contribution in [2.45, 2.75) is 9.92 Å². The van der Waals surface area contributed by atoms with Crippen LogP contribution < -0.4 is 14.2 Å². The van der Waals surface area contributed by atoms with Crippen LogP contribution in [0.1, 0.15) is 11.1 Å². The summed E-state index contributed by atoms with van der Waals surface area (Å²) in [6.07, 6.45) is 1.69. The Labute approximate surface area is 222 Å². The summed E-state index contributed by atoms with van der Waals surface area (Å²) in [5.41, 5.74) is 2.25. The van der Waals surface area contributed by atoms with Crippen LogP contribution in [0.4, 0.5) is 0 Å². The van der Waals surface area contributed by atoms with Crippen LogP contribution in [-0.4, -0.2) is 38.2 Å². The summed E-state index contributed by atoms with van der Waals surface area (Å²) in [4.78, 5) is 23.1. The van der Waals surface area contributed by atoms with Gasteiger partial charge in [0.25, 0.3) is 0 Å². The van der Waals surface area contributed by atoms with E-state index in [1.807, 2.05) is 54.6 Å². The molecule has 0 fully saturated rings. The van der Waals surface area contributed by atoms with E-state index in [9.17, 15) is 4.79 Å². The normalized spacial score (nSPS) is 14.0. The topological polar surface area (TPSA) is 79.2 Å². The Bertz CT molecular complexity index is 1540. The third-order valence-electron chi connectivity index (χ3n) is 5.57. The minimum Gasteiger partial charge on any atom is -0.493 e. The van der Waals surface area contributed by atoms with Gasteiger partial charge in [0.1, 0.15) is 5.03 Å². The van der Waals surface area contributed by atoms with Crippen LogP contribution in [0.3, 0.4) is 0 Å². The number of aliphatic imine (C=N–C) groups is 1. The highest BCUT2D eigenvalue weighted by molar-refractivity contribution is 7.99. The first kappa shape index (κ1) is 24.7. The van der Waals surface area contributed by atoms with Crippen molar-refractivity contribution < 1.29 is 23.7 Å². The minimum atomic E-state index is -0.570. The predicted octanol–water partition coefficient (Wildman–Crippen LogP) is 6.41. The molecule has 2 heterocycles. The molecule has 0 bridgehead atoms. The second-order valence-corrected chi connectivity index (χ2v) is 9.38. The summed E-state index contributed by atoms with van der Waals surface area (Å²) in [6, 6.07) is 20.6. The molecule has 0 saturated heterocycles. The van der Waals surface area contributed by atoms with Gasteiger partial charge in [-0.05, 0) is 54.6 Å². The molecule has 7 nitrogen and oxygen atoms in total. The Morgan fingerprint density at radius 1 is 0.919 bits per heavy atom. The van der Waals surface area contributed by atoms with E-state index in [0.29, 0.717) is 27.8 Å². The van der Waals surface area contributed by atoms with Crippen molar-refractivity contribution in [2.75, 3.05) is 21.3 Å². The number of carbonyl (C=O) groups is 1. The van der Waals surface area contributed by atoms with Gasteiger partial charge in [0, 0.05) is 26.4 Å². The molecule has 0 N–H and O–H groups in total. The van der Waals surface area contributed by atoms with Crippen LogP contribution in [0.2, 0.25) is 5.02 Å². The fraction of sp³-hybridized carbons (Fsp3) is 0.107. The first-order chi connectivity index (χ1) is 18.0. The molecule has 0 saturated carbocycles. The molecule has 0 spiro atoms. The van der Waals surface area contributed by atoms with E-state index >= 15 is 0 Å². The van der Waals surface area contributed by atoms with Crippen LogP contribution in [0.25, 0.3) is 17.0 Å². The lowest BCUT2D eigenvalue weighted by molar-refractivity contribution is -0.129. The zero-order valence-electron chi connectivity index (χ0n) is 20.2. The summed E-state index contributed by atoms with van der Waals surface area (Å²) in [5.74, 6) is 0.845. The van der Waals surface area contributed by atoms with E-state index in [2.05, 4.69) is 4.99 Å². The number of hydrogen-bond acceptors (Lipinski definition) is 8. The predicted molar refractivity (Wildman–Crippen MR) is 144 cm³/mol. The quantitative estimate of drug-likeness (QED) is 0.201. The van der Waals surface area contributed by atoms with Crippen molar-refractivity contribution in [3.63, 3.8) is 0 Å². The number of cyclic esters (lactones) is 1. The maximum absolute atomic E-state index is 12.8. The van der Waals surface area contributed by atoms with Crippen LogP contribution in [0, 0.1) is 0 Å². The molecule has 5 rings (SSSR count). The molecular formula is C28H21ClN2O5S. The van der Waals surface area contributed by atoms with Crippen molar-refractivity contribution in [3.05, 3.63) is 88.6 Å². The zero-order valence-corrected chi connectivity index (χ0v) is 21.7. The third-order valence-corrected chi connectivity index (χ3v) is 6.85. The van der Waals surface area contributed by atoms with E-state index in [-0.39, 0.29) is 11.6 Å². The van der Waals surface area contributed by atoms with Gasteiger partial charge in [-0.15, -0.1) is 0 Å². The molecule has 3 aromatic carbocycles. The summed E-state index contributed by atoms with van der Waals surface area (Å²) < 4.78 is 21.7. The summed E-state index contributed by atoms with van der Waals surface area (Å²) >= 11 is 7.52. The molecule has 1 aromatic heterocycles. The molecule has 4 aromatic rings. The Hall–Kier alpha value is -4.01. The second kappa shape index (κ2) is 10.5. The fourth-order valence-corrected chi connectivity index (χ4v) is 4.80. The second-order valence-electron chi connectivity index (χ2n) is 7.88. The van der Waals surface area contributed by atoms with E-state index < -0.39 is 5.97 Å². The van der Waals surface area contributed by atoms with Gasteiger partial charge in [-0.1, -0.05) is 41.6 Å². The Balaban J connectivity index is 1.57. The number of pyridine rings is 1. The van der Waals surface area contributed by atoms with Gasteiger partial charge in [0.05, 0.1) is 26.8 Å². The molecule has 0 unspecified atom stereocenters. The summed E-state index contributed by atoms with van der Waals surface area (Å²) in [6.45, 7) is 0. The number of hydrogen-bond donors (Lipinski definition) is 0. The summed E-state index contributed by atoms with van der Waals surface area (Å²) in [7, 11) is 4.55. The van der Waals surface area contributed by atoms with Gasteiger partial charge in [0.2, 0.25) is 11.6 Å². The number of methoxy groups -OCH3 is 3. The van der Waals surface area contributed by atoms with Gasteiger partial charge in [-0.2, -0.15) is 0 Å². The molecule has 0 amide bonds. The number of fused-ring (bicyclic) bond motifs is 1. The first-order valence-corrected chi connectivity index (χ1v) is 12.3. The lowest BCUT2D eigenvalue weighted by Crippen LogP contribution is -2.07. The van der Waals surface area contributed by atoms with Crippen LogP contribution >= 0.6 is 23.4 Å². The maximum atomic E-state index is 12.8. The smallest absolute Gasteiger partial charge is 0.363 e. The van der Waals surface area contributed by atoms with Crippen molar-refractivity contribution >= 4 is 52.2 Å². The number of ether oxygens (including phenoxy) is 4. The minimum absolute atomic E-state index is 0.135. The highest BCUT2D eigenvalue weighted by atomic mass is 35.5. The average molecular weight is 533 g/mol. The van der Waals surface area contributed by atoms with E-state index in [1.165, 1.54) is 33.1 Å². The lowest BCUT2D eigenvalue weighted by atomic mass is 10.1. The molecule has 0 atom stereocenters. The molecule has 186 valence electrons. The molecule has 37 heavy (non-hydrogen) atoms. The van der Waals surface area contributed by atoms with Crippen LogP contribution in [0.5, 0.6) is 17.2 Å². The molecule has 0 radical (unpaired) electrons. The number of nitrogens with zero attached hydrogens (tertiary/aromatic N) is 2. The van der Waals surface area contributed by atoms with Crippen LogP contribution in [0.15, 0.2) is 87.3 Å². The number of benzene rings is 3. The number of esters is 1. The van der Waals surface area contributed by atoms with Gasteiger partial charge >= 0.3 is 5.97 Å². The SMILES string of the molecule is COc1cc(C2=N/C(=C/c3cc4ccccc4nc3Sc3ccc(Cl)cc3)C(=O)O2)cc(OC)c1OC. The Morgan fingerprint density at radius 2 is 1.62 bits per heavy atom. The van der Waals surface area contributed by atoms with Gasteiger partial charge in [-0.3, -0.25) is 0 Å². The highest BCUT2D eigenvalue weighted by Crippen LogP contribution is 2.39. The van der Waals surface area contributed by atoms with Gasteiger partial charge < -0.3 is 18.9 Å². The first-order valence-electron chi connectivity index (χ1n) is 11.1. The number of carbonyl (C=O) groups excluding carboxylic acids is 1. The third kappa shape index (κ3) is 5.12. The van der Waals surface area contributed by atoms with E-state index in [0.717, 1.165) is 26.4 Å². The molecule has 1 aliphatic heterocycles. The Morgan fingerprint density at radius 3 is 2.30 bits per heavy atom. The molecule has 9 heteroatoms. The van der Waals surface area contributed by atoms with Crippen molar-refractivity contribution in [3.8, 4) is 17.2 Å². The van der Waals surface area contributed by atoms with Crippen molar-refractivity contribution in [1.29, 1.82) is 0 Å². The molecule has 0 aliphatic carbocycles. The van der Waals surface area contributed by atoms with Gasteiger partial charge in [-0.25, -0.2) is 14.8 Å². The molecule has 1 aliphatic rings. The number of para-hydroxylation sites is 1. The highest BCUT2D eigenvalue weighted by Gasteiger charge is 2.27. The largest absolute Gasteiger partial charge is 0.493 e. The summed E-state index contributed by atoms with van der Waals surface area (Å²) in [5, 5.41) is 2.31. The van der Waals surface area contributed by atoms with E-state index in [4.69, 9.17) is 35.5 Å². The zero-order chi connectivity index (χ0) is 25.9. The Kier molecular flexibility index (Phi) is 7.03. The standard InChI is InChI=1S/C28H21ClN2O5S/c1-33-23-14-17(15-24(34-2)25(23)35-3)26-30-22(28(32)36-26)13-18-12-16-6-4-5-7-21(16)31-27(18)37-20-10-8-19(29)9-11-20/h4-15H,1-3H3/b22-13+. The van der Waals surface area contributed by atoms with E-state index in [1.54, 1.807) is 18.2 Å². The lowest BCUT2D eigenvalue weighted by Gasteiger charge is -2.13. The number of rotatable bonds is 7. The van der Waals surface area contributed by atoms with Crippen molar-refractivity contribution in [2.24, 2.45) is 4.99 Å². The van der Waals surface area contributed by atoms with Gasteiger partial charge in [0.15, 0.2) is 17.2 Å². The molecular weight excluding hydrogens is 512 g/mol. The van der Waals surface area contributed by atoms with Crippen LogP contribution in [-0.2, 0) is 9.53 Å². The number of halogens is 1. The maximum Gasteiger partial charge on any atom is 0.363 e. The fourth-order valence-electron chi connectivity index (χ4n) is 3.80. The average Bonchev–Trinajstić information content (AvgIpc) is 3.29. The number of aromatic nitrogens is 1.